The van der Waals surface area contributed by atoms with Crippen LogP contribution in [0.2, 0.25) is 0 Å². The van der Waals surface area contributed by atoms with Gasteiger partial charge < -0.3 is 20.4 Å². The summed E-state index contributed by atoms with van der Waals surface area (Å²) in [5.41, 5.74) is 1.80. The van der Waals surface area contributed by atoms with Crippen molar-refractivity contribution in [2.45, 2.75) is 38.5 Å². The normalized spacial score (nSPS) is 21.3. The molecule has 3 N–H and O–H groups in total. The molecule has 0 bridgehead atoms. The number of carboxylic acid groups (broad SMARTS) is 1. The number of hydrogen-bond donors (Lipinski definition) is 3. The first-order valence-electron chi connectivity index (χ1n) is 6.91. The van der Waals surface area contributed by atoms with Crippen molar-refractivity contribution in [3.8, 4) is 0 Å². The first kappa shape index (κ1) is 15.2. The van der Waals surface area contributed by atoms with Crippen molar-refractivity contribution < 1.29 is 19.8 Å². The van der Waals surface area contributed by atoms with Crippen LogP contribution < -0.4 is 5.32 Å². The molecule has 2 rings (SSSR count). The molecule has 7 nitrogen and oxygen atoms in total. The molecule has 1 aromatic rings. The molecule has 21 heavy (non-hydrogen) atoms. The third-order valence-corrected chi connectivity index (χ3v) is 3.60. The molecule has 0 saturated carbocycles. The van der Waals surface area contributed by atoms with Gasteiger partial charge in [0.1, 0.15) is 6.04 Å². The molecule has 1 aliphatic heterocycles. The molecule has 2 heterocycles. The van der Waals surface area contributed by atoms with Crippen LogP contribution in [0, 0.1) is 0 Å². The fourth-order valence-corrected chi connectivity index (χ4v) is 2.49. The molecule has 1 saturated heterocycles. The molecule has 2 atom stereocenters. The lowest BCUT2D eigenvalue weighted by Gasteiger charge is -2.21. The number of pyridine rings is 1. The van der Waals surface area contributed by atoms with E-state index in [1.54, 1.807) is 6.20 Å². The summed E-state index contributed by atoms with van der Waals surface area (Å²) in [6.45, 7) is 2.27. The smallest absolute Gasteiger partial charge is 0.326 e. The standard InChI is InChI=1S/C14H19N3O4/c1-2-9-4-3-5-15-11(9)7-16-14(21)17-8-10(18)6-12(17)13(19)20/h3-5,10,12,18H,2,6-8H2,1H3,(H,16,21)(H,19,20)/t10-,12-/m1/s1. The summed E-state index contributed by atoms with van der Waals surface area (Å²) in [7, 11) is 0. The van der Waals surface area contributed by atoms with E-state index in [0.717, 1.165) is 22.6 Å². The average molecular weight is 293 g/mol. The topological polar surface area (TPSA) is 103 Å². The van der Waals surface area contributed by atoms with Crippen LogP contribution in [0.25, 0.3) is 0 Å². The van der Waals surface area contributed by atoms with Gasteiger partial charge in [0, 0.05) is 19.2 Å². The van der Waals surface area contributed by atoms with Gasteiger partial charge in [-0.3, -0.25) is 4.98 Å². The number of rotatable bonds is 4. The quantitative estimate of drug-likeness (QED) is 0.744. The van der Waals surface area contributed by atoms with Crippen LogP contribution in [-0.4, -0.2) is 50.8 Å². The molecular formula is C14H19N3O4. The summed E-state index contributed by atoms with van der Waals surface area (Å²) in [6.07, 6.45) is 1.73. The highest BCUT2D eigenvalue weighted by Gasteiger charge is 2.38. The number of carbonyl (C=O) groups excluding carboxylic acids is 1. The largest absolute Gasteiger partial charge is 0.480 e. The number of aliphatic hydroxyl groups is 1. The second-order valence-corrected chi connectivity index (χ2v) is 5.02. The van der Waals surface area contributed by atoms with Crippen LogP contribution in [0.5, 0.6) is 0 Å². The zero-order valence-corrected chi connectivity index (χ0v) is 11.8. The number of hydrogen-bond acceptors (Lipinski definition) is 4. The van der Waals surface area contributed by atoms with Crippen molar-refractivity contribution in [2.24, 2.45) is 0 Å². The Kier molecular flexibility index (Phi) is 4.74. The number of likely N-dealkylation sites (tertiary alicyclic amines) is 1. The van der Waals surface area contributed by atoms with Crippen molar-refractivity contribution in [3.63, 3.8) is 0 Å². The number of β-amino-alcohol motifs (C(OH)–C–C–N with tert-alkyl or cyclic N) is 1. The van der Waals surface area contributed by atoms with Crippen molar-refractivity contribution in [3.05, 3.63) is 29.6 Å². The minimum atomic E-state index is -1.10. The van der Waals surface area contributed by atoms with Crippen molar-refractivity contribution in [1.29, 1.82) is 0 Å². The Bertz CT molecular complexity index is 535. The van der Waals surface area contributed by atoms with Crippen LogP contribution in [0.1, 0.15) is 24.6 Å². The maximum Gasteiger partial charge on any atom is 0.326 e. The molecule has 7 heteroatoms. The van der Waals surface area contributed by atoms with E-state index in [4.69, 9.17) is 5.11 Å². The molecule has 0 aliphatic carbocycles. The lowest BCUT2D eigenvalue weighted by Crippen LogP contribution is -2.46. The van der Waals surface area contributed by atoms with Crippen LogP contribution in [0.4, 0.5) is 4.79 Å². The zero-order valence-electron chi connectivity index (χ0n) is 11.8. The van der Waals surface area contributed by atoms with Gasteiger partial charge in [-0.05, 0) is 18.1 Å². The second kappa shape index (κ2) is 6.53. The highest BCUT2D eigenvalue weighted by molar-refractivity contribution is 5.83. The molecule has 114 valence electrons. The minimum Gasteiger partial charge on any atom is -0.480 e. The van der Waals surface area contributed by atoms with Crippen LogP contribution in [0.15, 0.2) is 18.3 Å². The van der Waals surface area contributed by atoms with E-state index in [-0.39, 0.29) is 19.5 Å². The molecule has 2 amide bonds. The first-order valence-corrected chi connectivity index (χ1v) is 6.91. The number of aliphatic hydroxyl groups excluding tert-OH is 1. The van der Waals surface area contributed by atoms with E-state index in [1.807, 2.05) is 19.1 Å². The molecular weight excluding hydrogens is 274 g/mol. The molecule has 1 fully saturated rings. The summed E-state index contributed by atoms with van der Waals surface area (Å²) in [4.78, 5) is 28.6. The number of urea groups is 1. The highest BCUT2D eigenvalue weighted by atomic mass is 16.4. The molecule has 0 radical (unpaired) electrons. The summed E-state index contributed by atoms with van der Waals surface area (Å²) in [5.74, 6) is -1.10. The molecule has 1 aromatic heterocycles. The van der Waals surface area contributed by atoms with Crippen molar-refractivity contribution in [2.75, 3.05) is 6.54 Å². The first-order chi connectivity index (χ1) is 10.0. The number of nitrogens with one attached hydrogen (secondary N) is 1. The van der Waals surface area contributed by atoms with Crippen molar-refractivity contribution >= 4 is 12.0 Å². The lowest BCUT2D eigenvalue weighted by atomic mass is 10.1. The summed E-state index contributed by atoms with van der Waals surface area (Å²) < 4.78 is 0. The SMILES string of the molecule is CCc1cccnc1CNC(=O)N1C[C@H](O)C[C@@H]1C(=O)O. The highest BCUT2D eigenvalue weighted by Crippen LogP contribution is 2.18. The third-order valence-electron chi connectivity index (χ3n) is 3.60. The maximum absolute atomic E-state index is 12.1. The van der Waals surface area contributed by atoms with Gasteiger partial charge in [0.25, 0.3) is 0 Å². The van der Waals surface area contributed by atoms with Crippen LogP contribution in [0.3, 0.4) is 0 Å². The number of carbonyl (C=O) groups is 2. The maximum atomic E-state index is 12.1. The minimum absolute atomic E-state index is 0.0334. The molecule has 0 aromatic carbocycles. The molecule has 0 spiro atoms. The third kappa shape index (κ3) is 3.49. The number of nitrogens with zero attached hydrogens (tertiary/aromatic N) is 2. The predicted molar refractivity (Wildman–Crippen MR) is 74.6 cm³/mol. The Labute approximate surface area is 122 Å². The summed E-state index contributed by atoms with van der Waals surface area (Å²) in [5, 5.41) is 21.3. The van der Waals surface area contributed by atoms with Gasteiger partial charge in [-0.2, -0.15) is 0 Å². The van der Waals surface area contributed by atoms with E-state index in [9.17, 15) is 14.7 Å². The van der Waals surface area contributed by atoms with E-state index in [2.05, 4.69) is 10.3 Å². The Morgan fingerprint density at radius 1 is 1.52 bits per heavy atom. The fraction of sp³-hybridized carbons (Fsp3) is 0.500. The lowest BCUT2D eigenvalue weighted by molar-refractivity contribution is -0.141. The van der Waals surface area contributed by atoms with Gasteiger partial charge in [-0.15, -0.1) is 0 Å². The Hall–Kier alpha value is -2.15. The average Bonchev–Trinajstić information content (AvgIpc) is 2.87. The van der Waals surface area contributed by atoms with Gasteiger partial charge in [0.05, 0.1) is 18.3 Å². The number of carboxylic acids is 1. The van der Waals surface area contributed by atoms with Crippen LogP contribution >= 0.6 is 0 Å². The summed E-state index contributed by atoms with van der Waals surface area (Å²) >= 11 is 0. The van der Waals surface area contributed by atoms with E-state index < -0.39 is 24.1 Å². The number of aromatic nitrogens is 1. The molecule has 0 unspecified atom stereocenters. The van der Waals surface area contributed by atoms with Gasteiger partial charge in [0.2, 0.25) is 0 Å². The van der Waals surface area contributed by atoms with Crippen molar-refractivity contribution in [1.82, 2.24) is 15.2 Å². The number of amides is 2. The Balaban J connectivity index is 2.00. The fourth-order valence-electron chi connectivity index (χ4n) is 2.49. The Morgan fingerprint density at radius 2 is 2.29 bits per heavy atom. The Morgan fingerprint density at radius 3 is 2.95 bits per heavy atom. The van der Waals surface area contributed by atoms with E-state index >= 15 is 0 Å². The van der Waals surface area contributed by atoms with Crippen LogP contribution in [-0.2, 0) is 17.8 Å². The summed E-state index contributed by atoms with van der Waals surface area (Å²) in [6, 6.07) is 2.30. The van der Waals surface area contributed by atoms with E-state index in [1.165, 1.54) is 0 Å². The monoisotopic (exact) mass is 293 g/mol. The zero-order chi connectivity index (χ0) is 15.4. The number of aliphatic carboxylic acids is 1. The van der Waals surface area contributed by atoms with E-state index in [0.29, 0.717) is 0 Å². The number of aryl methyl sites for hydroxylation is 1. The molecule has 1 aliphatic rings. The van der Waals surface area contributed by atoms with Gasteiger partial charge in [-0.25, -0.2) is 9.59 Å². The predicted octanol–water partition coefficient (Wildman–Crippen LogP) is 0.373. The van der Waals surface area contributed by atoms with Gasteiger partial charge in [0.15, 0.2) is 0 Å². The van der Waals surface area contributed by atoms with Gasteiger partial charge in [-0.1, -0.05) is 13.0 Å². The van der Waals surface area contributed by atoms with Gasteiger partial charge >= 0.3 is 12.0 Å². The second-order valence-electron chi connectivity index (χ2n) is 5.02.